The average Bonchev–Trinajstić information content (AvgIpc) is 3.27. The summed E-state index contributed by atoms with van der Waals surface area (Å²) >= 11 is 0. The van der Waals surface area contributed by atoms with Crippen LogP contribution in [0.1, 0.15) is 19.8 Å². The van der Waals surface area contributed by atoms with E-state index in [0.717, 1.165) is 18.4 Å². The number of fused-ring (bicyclic) bond motifs is 2. The molecule has 7 heteroatoms. The summed E-state index contributed by atoms with van der Waals surface area (Å²) in [5, 5.41) is 1.31. The molecule has 1 saturated carbocycles. The minimum atomic E-state index is -0.639. The minimum absolute atomic E-state index is 0.163. The number of carbonyl (C=O) groups excluding carboxylic acids is 2. The highest BCUT2D eigenvalue weighted by atomic mass is 16.7. The monoisotopic (exact) mass is 307 g/mol. The molecule has 3 aliphatic rings. The van der Waals surface area contributed by atoms with Crippen LogP contribution in [-0.2, 0) is 14.5 Å². The van der Waals surface area contributed by atoms with E-state index >= 15 is 0 Å². The zero-order valence-electron chi connectivity index (χ0n) is 12.7. The number of nitrogens with one attached hydrogen (secondary N) is 1. The molecule has 2 atom stereocenters. The van der Waals surface area contributed by atoms with Gasteiger partial charge in [-0.2, -0.15) is 5.06 Å². The van der Waals surface area contributed by atoms with E-state index in [1.165, 1.54) is 9.96 Å². The van der Waals surface area contributed by atoms with Crippen molar-refractivity contribution in [1.82, 2.24) is 15.4 Å². The van der Waals surface area contributed by atoms with Crippen molar-refractivity contribution in [3.63, 3.8) is 0 Å². The van der Waals surface area contributed by atoms with Crippen LogP contribution in [0.5, 0.6) is 0 Å². The van der Waals surface area contributed by atoms with Crippen molar-refractivity contribution < 1.29 is 19.3 Å². The molecule has 0 aromatic rings. The Labute approximate surface area is 129 Å². The fraction of sp³-hybridized carbons (Fsp3) is 0.600. The summed E-state index contributed by atoms with van der Waals surface area (Å²) < 4.78 is 0. The van der Waals surface area contributed by atoms with Crippen molar-refractivity contribution in [2.24, 2.45) is 5.92 Å². The van der Waals surface area contributed by atoms with E-state index in [2.05, 4.69) is 12.1 Å². The van der Waals surface area contributed by atoms with E-state index in [1.54, 1.807) is 6.08 Å². The predicted molar refractivity (Wildman–Crippen MR) is 78.2 cm³/mol. The van der Waals surface area contributed by atoms with Gasteiger partial charge in [0.2, 0.25) is 0 Å². The Morgan fingerprint density at radius 3 is 3.00 bits per heavy atom. The van der Waals surface area contributed by atoms with Gasteiger partial charge in [0, 0.05) is 0 Å². The van der Waals surface area contributed by atoms with Crippen molar-refractivity contribution in [3.05, 3.63) is 24.3 Å². The lowest BCUT2D eigenvalue weighted by atomic mass is 10.0. The van der Waals surface area contributed by atoms with Gasteiger partial charge in [0.05, 0.1) is 25.8 Å². The molecule has 7 nitrogen and oxygen atoms in total. The summed E-state index contributed by atoms with van der Waals surface area (Å²) in [6, 6.07) is -1.11. The van der Waals surface area contributed by atoms with E-state index in [1.807, 2.05) is 13.0 Å². The molecule has 120 valence electrons. The second kappa shape index (κ2) is 6.10. The molecular formula is C15H21N3O4. The van der Waals surface area contributed by atoms with Gasteiger partial charge in [-0.25, -0.2) is 10.3 Å². The molecule has 0 radical (unpaired) electrons. The minimum Gasteiger partial charge on any atom is -0.304 e. The Morgan fingerprint density at radius 2 is 2.32 bits per heavy atom. The van der Waals surface area contributed by atoms with Gasteiger partial charge in [0.25, 0.3) is 5.91 Å². The first kappa shape index (κ1) is 15.1. The normalized spacial score (nSPS) is 27.0. The SMILES string of the molecule is C=CCON1C(=O)N2C[C@H]1C=C(C)[C@H]2C(=O)NOCC1CC1. The van der Waals surface area contributed by atoms with E-state index in [4.69, 9.17) is 9.68 Å². The molecule has 0 aromatic heterocycles. The smallest absolute Gasteiger partial charge is 0.304 e. The lowest BCUT2D eigenvalue weighted by Gasteiger charge is -2.28. The Balaban J connectivity index is 1.64. The average molecular weight is 307 g/mol. The number of urea groups is 1. The van der Waals surface area contributed by atoms with Crippen LogP contribution < -0.4 is 5.48 Å². The van der Waals surface area contributed by atoms with Crippen LogP contribution in [0.25, 0.3) is 0 Å². The highest BCUT2D eigenvalue weighted by molar-refractivity contribution is 5.91. The first-order valence-electron chi connectivity index (χ1n) is 7.55. The molecule has 1 saturated heterocycles. The van der Waals surface area contributed by atoms with Gasteiger partial charge >= 0.3 is 6.03 Å². The molecule has 0 aromatic carbocycles. The third kappa shape index (κ3) is 2.86. The van der Waals surface area contributed by atoms with Crippen molar-refractivity contribution in [2.75, 3.05) is 19.8 Å². The Bertz CT molecular complexity index is 515. The van der Waals surface area contributed by atoms with Crippen LogP contribution in [0, 0.1) is 5.92 Å². The Hall–Kier alpha value is -1.86. The molecule has 22 heavy (non-hydrogen) atoms. The maximum Gasteiger partial charge on any atom is 0.345 e. The molecule has 2 bridgehead atoms. The molecule has 3 amide bonds. The molecule has 0 unspecified atom stereocenters. The van der Waals surface area contributed by atoms with Crippen molar-refractivity contribution in [1.29, 1.82) is 0 Å². The van der Waals surface area contributed by atoms with Crippen LogP contribution in [0.3, 0.4) is 0 Å². The Kier molecular flexibility index (Phi) is 4.17. The van der Waals surface area contributed by atoms with E-state index in [-0.39, 0.29) is 24.6 Å². The van der Waals surface area contributed by atoms with Crippen LogP contribution in [0.15, 0.2) is 24.3 Å². The van der Waals surface area contributed by atoms with Gasteiger partial charge < -0.3 is 4.90 Å². The van der Waals surface area contributed by atoms with Crippen LogP contribution in [0.4, 0.5) is 4.79 Å². The van der Waals surface area contributed by atoms with Crippen molar-refractivity contribution in [3.8, 4) is 0 Å². The molecular weight excluding hydrogens is 286 g/mol. The third-order valence-corrected chi connectivity index (χ3v) is 4.09. The number of hydroxylamine groups is 3. The van der Waals surface area contributed by atoms with E-state index < -0.39 is 6.04 Å². The topological polar surface area (TPSA) is 71.1 Å². The van der Waals surface area contributed by atoms with Gasteiger partial charge in [-0.15, -0.1) is 6.58 Å². The van der Waals surface area contributed by atoms with Gasteiger partial charge in [0.15, 0.2) is 0 Å². The second-order valence-electron chi connectivity index (χ2n) is 5.95. The van der Waals surface area contributed by atoms with Crippen LogP contribution in [-0.4, -0.2) is 53.7 Å². The number of rotatable bonds is 7. The maximum atomic E-state index is 12.4. The second-order valence-corrected chi connectivity index (χ2v) is 5.95. The van der Waals surface area contributed by atoms with Gasteiger partial charge in [-0.3, -0.25) is 14.5 Å². The lowest BCUT2D eigenvalue weighted by molar-refractivity contribution is -0.137. The molecule has 2 heterocycles. The number of carbonyl (C=O) groups is 2. The Morgan fingerprint density at radius 1 is 1.55 bits per heavy atom. The highest BCUT2D eigenvalue weighted by Gasteiger charge is 2.47. The molecule has 2 fully saturated rings. The third-order valence-electron chi connectivity index (χ3n) is 4.09. The van der Waals surface area contributed by atoms with Gasteiger partial charge in [-0.05, 0) is 31.3 Å². The van der Waals surface area contributed by atoms with Gasteiger partial charge in [-0.1, -0.05) is 12.2 Å². The summed E-state index contributed by atoms with van der Waals surface area (Å²) in [5.74, 6) is 0.246. The van der Waals surface area contributed by atoms with Crippen LogP contribution >= 0.6 is 0 Å². The zero-order valence-corrected chi connectivity index (χ0v) is 12.7. The molecule has 0 spiro atoms. The highest BCUT2D eigenvalue weighted by Crippen LogP contribution is 2.30. The quantitative estimate of drug-likeness (QED) is 0.562. The summed E-state index contributed by atoms with van der Waals surface area (Å²) in [6.07, 6.45) is 5.78. The summed E-state index contributed by atoms with van der Waals surface area (Å²) in [6.45, 7) is 6.64. The largest absolute Gasteiger partial charge is 0.345 e. The first-order chi connectivity index (χ1) is 10.6. The zero-order chi connectivity index (χ0) is 15.7. The lowest BCUT2D eigenvalue weighted by Crippen LogP contribution is -2.50. The summed E-state index contributed by atoms with van der Waals surface area (Å²) in [4.78, 5) is 36.8. The number of amides is 3. The molecule has 1 N–H and O–H groups in total. The molecule has 1 aliphatic carbocycles. The number of hydrogen-bond acceptors (Lipinski definition) is 4. The van der Waals surface area contributed by atoms with Gasteiger partial charge in [0.1, 0.15) is 6.04 Å². The van der Waals surface area contributed by atoms with Crippen molar-refractivity contribution >= 4 is 11.9 Å². The van der Waals surface area contributed by atoms with Crippen LogP contribution in [0.2, 0.25) is 0 Å². The standard InChI is InChI=1S/C15H21N3O4/c1-3-6-22-18-12-7-10(2)13(17(8-12)15(18)20)14(19)16-21-9-11-4-5-11/h3,7,11-13H,1,4-6,8-9H2,2H3,(H,16,19)/t12-,13+/m1/s1. The van der Waals surface area contributed by atoms with Crippen molar-refractivity contribution in [2.45, 2.75) is 31.8 Å². The first-order valence-corrected chi connectivity index (χ1v) is 7.55. The molecule has 3 rings (SSSR count). The van der Waals surface area contributed by atoms with E-state index in [9.17, 15) is 9.59 Å². The summed E-state index contributed by atoms with van der Waals surface area (Å²) in [5.41, 5.74) is 3.29. The molecule has 2 aliphatic heterocycles. The number of nitrogens with zero attached hydrogens (tertiary/aromatic N) is 2. The number of hydrogen-bond donors (Lipinski definition) is 1. The maximum absolute atomic E-state index is 12.4. The van der Waals surface area contributed by atoms with E-state index in [0.29, 0.717) is 19.1 Å². The summed E-state index contributed by atoms with van der Waals surface area (Å²) in [7, 11) is 0. The fourth-order valence-electron chi connectivity index (χ4n) is 2.80. The fourth-order valence-corrected chi connectivity index (χ4v) is 2.80. The predicted octanol–water partition coefficient (Wildman–Crippen LogP) is 0.996.